The van der Waals surface area contributed by atoms with Crippen molar-refractivity contribution in [3.8, 4) is 0 Å². The summed E-state index contributed by atoms with van der Waals surface area (Å²) in [5.41, 5.74) is 6.25. The Balaban J connectivity index is 2.06. The van der Waals surface area contributed by atoms with Gasteiger partial charge in [0.1, 0.15) is 0 Å². The maximum absolute atomic E-state index is 6.25. The zero-order valence-electron chi connectivity index (χ0n) is 12.7. The van der Waals surface area contributed by atoms with Gasteiger partial charge in [0.25, 0.3) is 0 Å². The third kappa shape index (κ3) is 3.74. The first-order valence-corrected chi connectivity index (χ1v) is 8.67. The van der Waals surface area contributed by atoms with Gasteiger partial charge in [-0.3, -0.25) is 4.90 Å². The highest BCUT2D eigenvalue weighted by atomic mass is 35.5. The van der Waals surface area contributed by atoms with Crippen LogP contribution in [0, 0.1) is 0 Å². The second-order valence-electron chi connectivity index (χ2n) is 5.78. The lowest BCUT2D eigenvalue weighted by Gasteiger charge is -2.41. The molecule has 0 saturated carbocycles. The number of rotatable bonds is 5. The minimum absolute atomic E-state index is 0.110. The van der Waals surface area contributed by atoms with E-state index in [0.717, 1.165) is 10.9 Å². The van der Waals surface area contributed by atoms with Gasteiger partial charge < -0.3 is 10.6 Å². The first-order chi connectivity index (χ1) is 9.52. The second kappa shape index (κ2) is 7.23. The molecular formula is C15H26ClN3S. The molecule has 1 aromatic heterocycles. The van der Waals surface area contributed by atoms with Crippen LogP contribution in [0.3, 0.4) is 0 Å². The molecule has 0 radical (unpaired) electrons. The fraction of sp³-hybridized carbons (Fsp3) is 0.733. The van der Waals surface area contributed by atoms with Gasteiger partial charge in [-0.05, 0) is 58.6 Å². The molecule has 1 aliphatic rings. The molecule has 0 spiro atoms. The monoisotopic (exact) mass is 315 g/mol. The minimum Gasteiger partial charge on any atom is -0.326 e. The van der Waals surface area contributed by atoms with Crippen molar-refractivity contribution in [2.45, 2.75) is 44.8 Å². The molecule has 0 aliphatic carbocycles. The Hall–Kier alpha value is -0.130. The summed E-state index contributed by atoms with van der Waals surface area (Å²) >= 11 is 7.74. The van der Waals surface area contributed by atoms with Crippen molar-refractivity contribution >= 4 is 22.9 Å². The fourth-order valence-corrected chi connectivity index (χ4v) is 4.52. The van der Waals surface area contributed by atoms with E-state index in [0.29, 0.717) is 6.04 Å². The summed E-state index contributed by atoms with van der Waals surface area (Å²) in [4.78, 5) is 6.28. The highest BCUT2D eigenvalue weighted by Gasteiger charge is 2.30. The maximum Gasteiger partial charge on any atom is 0.0931 e. The molecule has 20 heavy (non-hydrogen) atoms. The molecule has 3 nitrogen and oxygen atoms in total. The van der Waals surface area contributed by atoms with E-state index < -0.39 is 0 Å². The van der Waals surface area contributed by atoms with Crippen LogP contribution >= 0.6 is 22.9 Å². The summed E-state index contributed by atoms with van der Waals surface area (Å²) in [6.07, 6.45) is 2.46. The van der Waals surface area contributed by atoms with Crippen LogP contribution in [0.4, 0.5) is 0 Å². The van der Waals surface area contributed by atoms with Crippen LogP contribution < -0.4 is 5.73 Å². The number of hydrogen-bond acceptors (Lipinski definition) is 4. The molecule has 2 unspecified atom stereocenters. The summed E-state index contributed by atoms with van der Waals surface area (Å²) in [6, 6.07) is 5.10. The number of piperidine rings is 1. The molecule has 1 aliphatic heterocycles. The zero-order valence-corrected chi connectivity index (χ0v) is 14.3. The molecule has 2 rings (SSSR count). The van der Waals surface area contributed by atoms with Gasteiger partial charge in [-0.15, -0.1) is 11.3 Å². The summed E-state index contributed by atoms with van der Waals surface area (Å²) in [7, 11) is 2.22. The number of nitrogens with two attached hydrogens (primary N) is 1. The van der Waals surface area contributed by atoms with Crippen LogP contribution in [0.5, 0.6) is 0 Å². The Morgan fingerprint density at radius 2 is 2.10 bits per heavy atom. The van der Waals surface area contributed by atoms with E-state index in [4.69, 9.17) is 17.3 Å². The van der Waals surface area contributed by atoms with Crippen LogP contribution in [0.1, 0.15) is 37.6 Å². The summed E-state index contributed by atoms with van der Waals surface area (Å²) in [5, 5.41) is 0. The van der Waals surface area contributed by atoms with Crippen LogP contribution in [0.15, 0.2) is 12.1 Å². The van der Waals surface area contributed by atoms with Gasteiger partial charge in [-0.2, -0.15) is 0 Å². The topological polar surface area (TPSA) is 32.5 Å². The Morgan fingerprint density at radius 1 is 1.45 bits per heavy atom. The van der Waals surface area contributed by atoms with E-state index >= 15 is 0 Å². The van der Waals surface area contributed by atoms with Crippen LogP contribution in [0.2, 0.25) is 4.34 Å². The molecule has 1 saturated heterocycles. The Kier molecular flexibility index (Phi) is 5.87. The van der Waals surface area contributed by atoms with Crippen molar-refractivity contribution in [3.63, 3.8) is 0 Å². The van der Waals surface area contributed by atoms with Gasteiger partial charge in [0, 0.05) is 17.0 Å². The Morgan fingerprint density at radius 3 is 2.55 bits per heavy atom. The average molecular weight is 316 g/mol. The van der Waals surface area contributed by atoms with Gasteiger partial charge in [-0.25, -0.2) is 0 Å². The number of thiophene rings is 1. The Labute approximate surface area is 131 Å². The minimum atomic E-state index is 0.110. The quantitative estimate of drug-likeness (QED) is 0.905. The Bertz CT molecular complexity index is 413. The summed E-state index contributed by atoms with van der Waals surface area (Å²) in [6.45, 7) is 7.89. The first-order valence-electron chi connectivity index (χ1n) is 7.48. The molecule has 0 aromatic carbocycles. The summed E-state index contributed by atoms with van der Waals surface area (Å²) in [5.74, 6) is 0. The van der Waals surface area contributed by atoms with Crippen molar-refractivity contribution < 1.29 is 0 Å². The van der Waals surface area contributed by atoms with Crippen molar-refractivity contribution in [1.29, 1.82) is 0 Å². The number of halogens is 1. The van der Waals surface area contributed by atoms with E-state index in [1.807, 2.05) is 6.07 Å². The van der Waals surface area contributed by atoms with E-state index in [-0.39, 0.29) is 12.1 Å². The average Bonchev–Trinajstić information content (AvgIpc) is 2.85. The number of hydrogen-bond donors (Lipinski definition) is 1. The van der Waals surface area contributed by atoms with E-state index in [9.17, 15) is 0 Å². The van der Waals surface area contributed by atoms with Crippen molar-refractivity contribution in [2.24, 2.45) is 5.73 Å². The van der Waals surface area contributed by atoms with E-state index in [1.165, 1.54) is 30.8 Å². The predicted octanol–water partition coefficient (Wildman–Crippen LogP) is 3.21. The van der Waals surface area contributed by atoms with Gasteiger partial charge in [0.05, 0.1) is 10.4 Å². The number of nitrogens with zero attached hydrogens (tertiary/aromatic N) is 2. The molecule has 2 N–H and O–H groups in total. The molecule has 5 heteroatoms. The molecule has 114 valence electrons. The SMILES string of the molecule is CCN1CCC(N(C)C(c2ccc(Cl)s2)C(C)N)CC1. The van der Waals surface area contributed by atoms with Gasteiger partial charge in [0.15, 0.2) is 0 Å². The molecule has 2 heterocycles. The molecule has 1 fully saturated rings. The van der Waals surface area contributed by atoms with Crippen LogP contribution in [-0.2, 0) is 0 Å². The smallest absolute Gasteiger partial charge is 0.0931 e. The van der Waals surface area contributed by atoms with Crippen molar-refractivity contribution in [1.82, 2.24) is 9.80 Å². The largest absolute Gasteiger partial charge is 0.326 e. The van der Waals surface area contributed by atoms with Gasteiger partial charge in [0.2, 0.25) is 0 Å². The molecule has 1 aromatic rings. The molecule has 2 atom stereocenters. The summed E-state index contributed by atoms with van der Waals surface area (Å²) < 4.78 is 0.847. The molecule has 0 amide bonds. The lowest BCUT2D eigenvalue weighted by atomic mass is 9.99. The molecule has 0 bridgehead atoms. The third-order valence-corrected chi connectivity index (χ3v) is 5.70. The van der Waals surface area contributed by atoms with Gasteiger partial charge in [-0.1, -0.05) is 18.5 Å². The van der Waals surface area contributed by atoms with Crippen LogP contribution in [0.25, 0.3) is 0 Å². The van der Waals surface area contributed by atoms with Gasteiger partial charge >= 0.3 is 0 Å². The zero-order chi connectivity index (χ0) is 14.7. The second-order valence-corrected chi connectivity index (χ2v) is 7.52. The normalized spacial score (nSPS) is 21.3. The number of likely N-dealkylation sites (tertiary alicyclic amines) is 1. The van der Waals surface area contributed by atoms with Crippen molar-refractivity contribution in [2.75, 3.05) is 26.7 Å². The fourth-order valence-electron chi connectivity index (χ4n) is 3.19. The number of likely N-dealkylation sites (N-methyl/N-ethyl adjacent to an activating group) is 1. The van der Waals surface area contributed by atoms with E-state index in [1.54, 1.807) is 11.3 Å². The highest BCUT2D eigenvalue weighted by Crippen LogP contribution is 2.34. The first kappa shape index (κ1) is 16.2. The lowest BCUT2D eigenvalue weighted by Crippen LogP contribution is -2.47. The predicted molar refractivity (Wildman–Crippen MR) is 88.6 cm³/mol. The standard InChI is InChI=1S/C15H26ClN3S/c1-4-19-9-7-12(8-10-19)18(3)15(11(2)17)13-5-6-14(16)20-13/h5-6,11-12,15H,4,7-10,17H2,1-3H3. The van der Waals surface area contributed by atoms with Crippen LogP contribution in [-0.4, -0.2) is 48.6 Å². The third-order valence-electron chi connectivity index (χ3n) is 4.40. The maximum atomic E-state index is 6.25. The molecular weight excluding hydrogens is 290 g/mol. The van der Waals surface area contributed by atoms with E-state index in [2.05, 4.69) is 36.8 Å². The highest BCUT2D eigenvalue weighted by molar-refractivity contribution is 7.16. The lowest BCUT2D eigenvalue weighted by molar-refractivity contribution is 0.0910. The van der Waals surface area contributed by atoms with Crippen molar-refractivity contribution in [3.05, 3.63) is 21.3 Å².